The molecular weight excluding hydrogens is 292 g/mol. The van der Waals surface area contributed by atoms with E-state index in [-0.39, 0.29) is 5.11 Å². The van der Waals surface area contributed by atoms with E-state index in [0.29, 0.717) is 5.15 Å². The summed E-state index contributed by atoms with van der Waals surface area (Å²) in [4.78, 5) is 7.58. The molecule has 0 atom stereocenters. The lowest BCUT2D eigenvalue weighted by Gasteiger charge is -2.09. The Morgan fingerprint density at radius 2 is 2.05 bits per heavy atom. The monoisotopic (exact) mass is 302 g/mol. The first-order valence-electron chi connectivity index (χ1n) is 5.94. The standard InChI is InChI=1S/C14H11ClN4S/c15-13-6-5-10-12(18-13)7-11(17-10)8-3-1-2-4-9(8)19-14(16)20/h1-7,17H,(H3,16,19,20). The molecule has 0 saturated carbocycles. The number of H-pyrrole nitrogens is 1. The van der Waals surface area contributed by atoms with Crippen molar-refractivity contribution >= 4 is 45.7 Å². The van der Waals surface area contributed by atoms with Crippen LogP contribution in [-0.4, -0.2) is 15.1 Å². The summed E-state index contributed by atoms with van der Waals surface area (Å²) in [5, 5.41) is 3.67. The third kappa shape index (κ3) is 2.45. The van der Waals surface area contributed by atoms with Gasteiger partial charge in [-0.2, -0.15) is 0 Å². The minimum atomic E-state index is 0.231. The van der Waals surface area contributed by atoms with Crippen LogP contribution in [0.3, 0.4) is 0 Å². The van der Waals surface area contributed by atoms with Gasteiger partial charge in [-0.1, -0.05) is 29.8 Å². The summed E-state index contributed by atoms with van der Waals surface area (Å²) in [6.07, 6.45) is 0. The van der Waals surface area contributed by atoms with Crippen LogP contribution in [0.25, 0.3) is 22.3 Å². The van der Waals surface area contributed by atoms with Gasteiger partial charge in [-0.05, 0) is 36.5 Å². The van der Waals surface area contributed by atoms with E-state index < -0.39 is 0 Å². The molecule has 1 aromatic carbocycles. The van der Waals surface area contributed by atoms with Crippen LogP contribution in [0.2, 0.25) is 5.15 Å². The summed E-state index contributed by atoms with van der Waals surface area (Å²) >= 11 is 10.8. The maximum atomic E-state index is 5.90. The van der Waals surface area contributed by atoms with E-state index >= 15 is 0 Å². The Morgan fingerprint density at radius 1 is 1.25 bits per heavy atom. The lowest BCUT2D eigenvalue weighted by Crippen LogP contribution is -2.19. The number of pyridine rings is 1. The van der Waals surface area contributed by atoms with Crippen LogP contribution < -0.4 is 11.1 Å². The molecule has 2 aromatic heterocycles. The molecule has 4 N–H and O–H groups in total. The second-order valence-electron chi connectivity index (χ2n) is 4.28. The van der Waals surface area contributed by atoms with Crippen LogP contribution in [0, 0.1) is 0 Å². The lowest BCUT2D eigenvalue weighted by atomic mass is 10.1. The number of nitrogens with one attached hydrogen (secondary N) is 2. The fourth-order valence-electron chi connectivity index (χ4n) is 2.09. The molecule has 100 valence electrons. The van der Waals surface area contributed by atoms with Crippen molar-refractivity contribution in [1.82, 2.24) is 9.97 Å². The molecule has 0 spiro atoms. The topological polar surface area (TPSA) is 66.7 Å². The first-order valence-corrected chi connectivity index (χ1v) is 6.73. The molecule has 3 rings (SSSR count). The molecule has 6 heteroatoms. The number of aromatic nitrogens is 2. The Kier molecular flexibility index (Phi) is 3.30. The van der Waals surface area contributed by atoms with Crippen LogP contribution in [0.1, 0.15) is 0 Å². The second kappa shape index (κ2) is 5.11. The number of nitrogens with two attached hydrogens (primary N) is 1. The number of halogens is 1. The number of rotatable bonds is 2. The molecule has 2 heterocycles. The quantitative estimate of drug-likeness (QED) is 0.500. The van der Waals surface area contributed by atoms with Crippen molar-refractivity contribution in [3.05, 3.63) is 47.6 Å². The number of hydrogen-bond acceptors (Lipinski definition) is 2. The molecule has 0 radical (unpaired) electrons. The number of nitrogens with zero attached hydrogens (tertiary/aromatic N) is 1. The summed E-state index contributed by atoms with van der Waals surface area (Å²) in [7, 11) is 0. The second-order valence-corrected chi connectivity index (χ2v) is 5.11. The molecular formula is C14H11ClN4S. The van der Waals surface area contributed by atoms with E-state index in [1.807, 2.05) is 36.4 Å². The zero-order chi connectivity index (χ0) is 14.1. The Bertz CT molecular complexity index is 797. The normalized spacial score (nSPS) is 10.7. The largest absolute Gasteiger partial charge is 0.376 e. The van der Waals surface area contributed by atoms with E-state index in [4.69, 9.17) is 29.6 Å². The van der Waals surface area contributed by atoms with Crippen LogP contribution >= 0.6 is 23.8 Å². The first kappa shape index (κ1) is 12.9. The summed E-state index contributed by atoms with van der Waals surface area (Å²) in [6.45, 7) is 0. The van der Waals surface area contributed by atoms with Crippen molar-refractivity contribution in [3.63, 3.8) is 0 Å². The summed E-state index contributed by atoms with van der Waals surface area (Å²) in [5.74, 6) is 0. The first-order chi connectivity index (χ1) is 9.63. The molecule has 0 aliphatic carbocycles. The molecule has 3 aromatic rings. The van der Waals surface area contributed by atoms with Crippen molar-refractivity contribution in [2.24, 2.45) is 5.73 Å². The molecule has 0 amide bonds. The smallest absolute Gasteiger partial charge is 0.168 e. The van der Waals surface area contributed by atoms with Crippen molar-refractivity contribution in [2.75, 3.05) is 5.32 Å². The maximum Gasteiger partial charge on any atom is 0.168 e. The number of para-hydroxylation sites is 1. The number of aromatic amines is 1. The molecule has 0 aliphatic rings. The van der Waals surface area contributed by atoms with Crippen molar-refractivity contribution in [1.29, 1.82) is 0 Å². The third-order valence-electron chi connectivity index (χ3n) is 2.92. The highest BCUT2D eigenvalue weighted by Crippen LogP contribution is 2.29. The molecule has 0 aliphatic heterocycles. The summed E-state index contributed by atoms with van der Waals surface area (Å²) < 4.78 is 0. The van der Waals surface area contributed by atoms with E-state index in [1.165, 1.54) is 0 Å². The van der Waals surface area contributed by atoms with Crippen LogP contribution in [0.15, 0.2) is 42.5 Å². The Morgan fingerprint density at radius 3 is 2.85 bits per heavy atom. The highest BCUT2D eigenvalue weighted by atomic mass is 35.5. The zero-order valence-corrected chi connectivity index (χ0v) is 11.9. The molecule has 0 unspecified atom stereocenters. The van der Waals surface area contributed by atoms with E-state index in [1.54, 1.807) is 6.07 Å². The minimum Gasteiger partial charge on any atom is -0.376 e. The van der Waals surface area contributed by atoms with E-state index in [2.05, 4.69) is 15.3 Å². The number of benzene rings is 1. The van der Waals surface area contributed by atoms with E-state index in [0.717, 1.165) is 28.0 Å². The Labute approximate surface area is 126 Å². The molecule has 0 bridgehead atoms. The SMILES string of the molecule is NC(=S)Nc1ccccc1-c1cc2nc(Cl)ccc2[nH]1. The van der Waals surface area contributed by atoms with Crippen molar-refractivity contribution < 1.29 is 0 Å². The van der Waals surface area contributed by atoms with Gasteiger partial charge >= 0.3 is 0 Å². The third-order valence-corrected chi connectivity index (χ3v) is 3.23. The van der Waals surface area contributed by atoms with Crippen LogP contribution in [0.4, 0.5) is 5.69 Å². The maximum absolute atomic E-state index is 5.90. The number of fused-ring (bicyclic) bond motifs is 1. The lowest BCUT2D eigenvalue weighted by molar-refractivity contribution is 1.40. The Hall–Kier alpha value is -2.11. The average molecular weight is 303 g/mol. The fraction of sp³-hybridized carbons (Fsp3) is 0. The van der Waals surface area contributed by atoms with Crippen LogP contribution in [0.5, 0.6) is 0 Å². The zero-order valence-electron chi connectivity index (χ0n) is 10.4. The molecule has 20 heavy (non-hydrogen) atoms. The number of anilines is 1. The molecule has 4 nitrogen and oxygen atoms in total. The van der Waals surface area contributed by atoms with Gasteiger partial charge in [0.2, 0.25) is 0 Å². The van der Waals surface area contributed by atoms with Gasteiger partial charge in [0, 0.05) is 11.3 Å². The summed E-state index contributed by atoms with van der Waals surface area (Å²) in [6, 6.07) is 13.4. The predicted octanol–water partition coefficient (Wildman–Crippen LogP) is 3.54. The number of hydrogen-bond donors (Lipinski definition) is 3. The van der Waals surface area contributed by atoms with Gasteiger partial charge in [-0.15, -0.1) is 0 Å². The minimum absolute atomic E-state index is 0.231. The van der Waals surface area contributed by atoms with Gasteiger partial charge in [0.1, 0.15) is 5.15 Å². The van der Waals surface area contributed by atoms with Gasteiger partial charge in [0.05, 0.1) is 16.7 Å². The highest BCUT2D eigenvalue weighted by molar-refractivity contribution is 7.80. The summed E-state index contributed by atoms with van der Waals surface area (Å²) in [5.41, 5.74) is 10.0. The van der Waals surface area contributed by atoms with Gasteiger partial charge in [-0.3, -0.25) is 0 Å². The Balaban J connectivity index is 2.13. The number of thiocarbonyl (C=S) groups is 1. The highest BCUT2D eigenvalue weighted by Gasteiger charge is 2.09. The van der Waals surface area contributed by atoms with Crippen molar-refractivity contribution in [2.45, 2.75) is 0 Å². The molecule has 0 fully saturated rings. The predicted molar refractivity (Wildman–Crippen MR) is 86.9 cm³/mol. The van der Waals surface area contributed by atoms with Gasteiger partial charge in [-0.25, -0.2) is 4.98 Å². The van der Waals surface area contributed by atoms with Gasteiger partial charge in [0.25, 0.3) is 0 Å². The average Bonchev–Trinajstić information content (AvgIpc) is 2.81. The van der Waals surface area contributed by atoms with Gasteiger partial charge in [0.15, 0.2) is 5.11 Å². The molecule has 0 saturated heterocycles. The van der Waals surface area contributed by atoms with Crippen LogP contribution in [-0.2, 0) is 0 Å². The van der Waals surface area contributed by atoms with Gasteiger partial charge < -0.3 is 16.0 Å². The van der Waals surface area contributed by atoms with E-state index in [9.17, 15) is 0 Å². The fourth-order valence-corrected chi connectivity index (χ4v) is 2.35. The van der Waals surface area contributed by atoms with Crippen molar-refractivity contribution in [3.8, 4) is 11.3 Å².